The standard InChI is InChI=1S/C18H16N2O6/c1-22-15-6-11(7-16-17(15)24-5-4-23-16)9-19-20-18(21)12-2-3-13-14(8-12)26-10-25-13/h2-3,6-9H,4-5,10H2,1H3,(H,20,21)/b19-9-. The van der Waals surface area contributed by atoms with E-state index in [2.05, 4.69) is 10.5 Å². The number of nitrogens with one attached hydrogen (secondary N) is 1. The van der Waals surface area contributed by atoms with Crippen LogP contribution in [0.15, 0.2) is 35.4 Å². The number of benzene rings is 2. The minimum absolute atomic E-state index is 0.157. The molecule has 1 N–H and O–H groups in total. The van der Waals surface area contributed by atoms with Crippen molar-refractivity contribution in [1.82, 2.24) is 5.43 Å². The minimum atomic E-state index is -0.357. The number of amides is 1. The zero-order valence-electron chi connectivity index (χ0n) is 14.0. The van der Waals surface area contributed by atoms with Gasteiger partial charge in [0, 0.05) is 11.1 Å². The lowest BCUT2D eigenvalue weighted by Gasteiger charge is -2.20. The molecule has 2 aromatic rings. The Labute approximate surface area is 149 Å². The molecule has 8 heteroatoms. The number of carbonyl (C=O) groups is 1. The van der Waals surface area contributed by atoms with E-state index in [-0.39, 0.29) is 12.7 Å². The highest BCUT2D eigenvalue weighted by Crippen LogP contribution is 2.40. The van der Waals surface area contributed by atoms with Gasteiger partial charge in [0.15, 0.2) is 23.0 Å². The zero-order chi connectivity index (χ0) is 17.9. The van der Waals surface area contributed by atoms with Crippen LogP contribution in [0.25, 0.3) is 0 Å². The van der Waals surface area contributed by atoms with Crippen molar-refractivity contribution in [1.29, 1.82) is 0 Å². The van der Waals surface area contributed by atoms with Crippen LogP contribution in [0.4, 0.5) is 0 Å². The maximum atomic E-state index is 12.2. The summed E-state index contributed by atoms with van der Waals surface area (Å²) in [6, 6.07) is 8.47. The maximum absolute atomic E-state index is 12.2. The molecule has 0 aromatic heterocycles. The summed E-state index contributed by atoms with van der Waals surface area (Å²) < 4.78 is 26.9. The largest absolute Gasteiger partial charge is 0.493 e. The number of fused-ring (bicyclic) bond motifs is 2. The van der Waals surface area contributed by atoms with Gasteiger partial charge in [0.2, 0.25) is 12.5 Å². The summed E-state index contributed by atoms with van der Waals surface area (Å²) in [6.45, 7) is 1.10. The van der Waals surface area contributed by atoms with Gasteiger partial charge in [0.25, 0.3) is 5.91 Å². The molecule has 0 saturated carbocycles. The summed E-state index contributed by atoms with van der Waals surface area (Å²) in [5, 5.41) is 3.99. The summed E-state index contributed by atoms with van der Waals surface area (Å²) in [7, 11) is 1.55. The van der Waals surface area contributed by atoms with Crippen LogP contribution in [0, 0.1) is 0 Å². The average molecular weight is 356 g/mol. The molecular weight excluding hydrogens is 340 g/mol. The Balaban J connectivity index is 1.47. The molecule has 0 spiro atoms. The van der Waals surface area contributed by atoms with Crippen molar-refractivity contribution in [2.24, 2.45) is 5.10 Å². The van der Waals surface area contributed by atoms with Gasteiger partial charge in [-0.05, 0) is 30.3 Å². The molecule has 0 unspecified atom stereocenters. The van der Waals surface area contributed by atoms with Gasteiger partial charge in [-0.15, -0.1) is 0 Å². The highest BCUT2D eigenvalue weighted by atomic mass is 16.7. The zero-order valence-corrected chi connectivity index (χ0v) is 14.0. The second-order valence-electron chi connectivity index (χ2n) is 5.51. The second kappa shape index (κ2) is 6.83. The van der Waals surface area contributed by atoms with Crippen LogP contribution in [0.5, 0.6) is 28.7 Å². The van der Waals surface area contributed by atoms with Crippen molar-refractivity contribution in [2.45, 2.75) is 0 Å². The predicted octanol–water partition coefficient (Wildman–Crippen LogP) is 1.96. The van der Waals surface area contributed by atoms with E-state index < -0.39 is 0 Å². The highest BCUT2D eigenvalue weighted by Gasteiger charge is 2.18. The lowest BCUT2D eigenvalue weighted by Crippen LogP contribution is -2.18. The summed E-state index contributed by atoms with van der Waals surface area (Å²) in [5.74, 6) is 2.50. The van der Waals surface area contributed by atoms with Crippen LogP contribution in [0.3, 0.4) is 0 Å². The second-order valence-corrected chi connectivity index (χ2v) is 5.51. The van der Waals surface area contributed by atoms with Gasteiger partial charge >= 0.3 is 0 Å². The molecule has 26 heavy (non-hydrogen) atoms. The molecule has 134 valence electrons. The van der Waals surface area contributed by atoms with Crippen molar-refractivity contribution >= 4 is 12.1 Å². The first-order valence-corrected chi connectivity index (χ1v) is 7.95. The summed E-state index contributed by atoms with van der Waals surface area (Å²) >= 11 is 0. The first kappa shape index (κ1) is 16.1. The molecular formula is C18H16N2O6. The fraction of sp³-hybridized carbons (Fsp3) is 0.222. The number of nitrogens with zero attached hydrogens (tertiary/aromatic N) is 1. The Morgan fingerprint density at radius 3 is 2.81 bits per heavy atom. The number of ether oxygens (including phenoxy) is 5. The Kier molecular flexibility index (Phi) is 4.22. The molecule has 4 rings (SSSR count). The Hall–Kier alpha value is -3.42. The van der Waals surface area contributed by atoms with Gasteiger partial charge in [0.05, 0.1) is 13.3 Å². The number of rotatable bonds is 4. The molecule has 0 saturated heterocycles. The van der Waals surface area contributed by atoms with Crippen molar-refractivity contribution < 1.29 is 28.5 Å². The number of hydrogen-bond donors (Lipinski definition) is 1. The minimum Gasteiger partial charge on any atom is -0.493 e. The van der Waals surface area contributed by atoms with E-state index in [9.17, 15) is 4.79 Å². The van der Waals surface area contributed by atoms with Gasteiger partial charge in [0.1, 0.15) is 13.2 Å². The summed E-state index contributed by atoms with van der Waals surface area (Å²) in [5.41, 5.74) is 3.61. The van der Waals surface area contributed by atoms with Gasteiger partial charge in [-0.25, -0.2) is 5.43 Å². The van der Waals surface area contributed by atoms with E-state index in [0.717, 1.165) is 0 Å². The molecule has 2 aliphatic rings. The van der Waals surface area contributed by atoms with Gasteiger partial charge in [-0.3, -0.25) is 4.79 Å². The van der Waals surface area contributed by atoms with Crippen molar-refractivity contribution in [2.75, 3.05) is 27.1 Å². The molecule has 0 bridgehead atoms. The Bertz CT molecular complexity index is 863. The van der Waals surface area contributed by atoms with Crippen molar-refractivity contribution in [3.63, 3.8) is 0 Å². The Morgan fingerprint density at radius 2 is 1.92 bits per heavy atom. The van der Waals surface area contributed by atoms with Crippen LogP contribution in [-0.4, -0.2) is 39.2 Å². The molecule has 0 radical (unpaired) electrons. The molecule has 2 heterocycles. The van der Waals surface area contributed by atoms with Crippen molar-refractivity contribution in [3.8, 4) is 28.7 Å². The smallest absolute Gasteiger partial charge is 0.271 e. The third kappa shape index (κ3) is 3.08. The third-order valence-corrected chi connectivity index (χ3v) is 3.86. The molecule has 0 aliphatic carbocycles. The van der Waals surface area contributed by atoms with Crippen molar-refractivity contribution in [3.05, 3.63) is 41.5 Å². The van der Waals surface area contributed by atoms with Gasteiger partial charge in [-0.2, -0.15) is 5.10 Å². The normalized spacial score (nSPS) is 14.3. The van der Waals surface area contributed by atoms with E-state index in [1.165, 1.54) is 6.21 Å². The Morgan fingerprint density at radius 1 is 1.08 bits per heavy atom. The molecule has 8 nitrogen and oxygen atoms in total. The molecule has 2 aliphatic heterocycles. The van der Waals surface area contributed by atoms with E-state index in [1.807, 2.05) is 0 Å². The first-order valence-electron chi connectivity index (χ1n) is 7.95. The molecule has 0 atom stereocenters. The van der Waals surface area contributed by atoms with Gasteiger partial charge in [-0.1, -0.05) is 0 Å². The fourth-order valence-electron chi connectivity index (χ4n) is 2.64. The van der Waals surface area contributed by atoms with E-state index in [0.29, 0.717) is 53.1 Å². The molecule has 0 fully saturated rings. The number of methoxy groups -OCH3 is 1. The van der Waals surface area contributed by atoms with Crippen LogP contribution in [0.1, 0.15) is 15.9 Å². The van der Waals surface area contributed by atoms with Crippen LogP contribution in [-0.2, 0) is 0 Å². The number of hydrazone groups is 1. The lowest BCUT2D eigenvalue weighted by atomic mass is 10.2. The molecule has 2 aromatic carbocycles. The van der Waals surface area contributed by atoms with E-state index in [1.54, 1.807) is 37.4 Å². The quantitative estimate of drug-likeness (QED) is 0.666. The topological polar surface area (TPSA) is 87.6 Å². The SMILES string of the molecule is COc1cc(/C=N\NC(=O)c2ccc3c(c2)OCO3)cc2c1OCCO2. The average Bonchev–Trinajstić information content (AvgIpc) is 3.15. The third-order valence-electron chi connectivity index (χ3n) is 3.86. The number of carbonyl (C=O) groups excluding carboxylic acids is 1. The van der Waals surface area contributed by atoms with Gasteiger partial charge < -0.3 is 23.7 Å². The number of hydrogen-bond acceptors (Lipinski definition) is 7. The van der Waals surface area contributed by atoms with E-state index in [4.69, 9.17) is 23.7 Å². The predicted molar refractivity (Wildman–Crippen MR) is 91.6 cm³/mol. The summed E-state index contributed by atoms with van der Waals surface area (Å²) in [6.07, 6.45) is 1.51. The van der Waals surface area contributed by atoms with E-state index >= 15 is 0 Å². The van der Waals surface area contributed by atoms with Crippen LogP contribution in [0.2, 0.25) is 0 Å². The summed E-state index contributed by atoms with van der Waals surface area (Å²) in [4.78, 5) is 12.2. The monoisotopic (exact) mass is 356 g/mol. The maximum Gasteiger partial charge on any atom is 0.271 e. The van der Waals surface area contributed by atoms with Crippen LogP contribution >= 0.6 is 0 Å². The molecule has 1 amide bonds. The fourth-order valence-corrected chi connectivity index (χ4v) is 2.64. The van der Waals surface area contributed by atoms with Crippen LogP contribution < -0.4 is 29.1 Å². The first-order chi connectivity index (χ1) is 12.7. The highest BCUT2D eigenvalue weighted by molar-refractivity contribution is 5.95. The lowest BCUT2D eigenvalue weighted by molar-refractivity contribution is 0.0954.